The van der Waals surface area contributed by atoms with Crippen LogP contribution in [0.5, 0.6) is 0 Å². The number of hydrogen-bond acceptors (Lipinski definition) is 0. The summed E-state index contributed by atoms with van der Waals surface area (Å²) in [4.78, 5) is 0. The normalized spacial score (nSPS) is 9.92. The fourth-order valence-electron chi connectivity index (χ4n) is 0.950. The number of benzene rings is 1. The molecular formula is C12H12. The van der Waals surface area contributed by atoms with E-state index >= 15 is 0 Å². The Kier molecular flexibility index (Phi) is 3.74. The lowest BCUT2D eigenvalue weighted by Gasteiger charge is -1.89. The molecule has 60 valence electrons. The maximum Gasteiger partial charge on any atom is 0.0121 e. The van der Waals surface area contributed by atoms with E-state index in [4.69, 9.17) is 6.42 Å². The maximum absolute atomic E-state index is 5.12. The summed E-state index contributed by atoms with van der Waals surface area (Å²) in [5, 5.41) is 0. The molecule has 0 heteroatoms. The van der Waals surface area contributed by atoms with Gasteiger partial charge in [0.1, 0.15) is 0 Å². The molecule has 0 amide bonds. The fraction of sp³-hybridized carbons (Fsp3) is 0.167. The zero-order valence-electron chi connectivity index (χ0n) is 7.03. The topological polar surface area (TPSA) is 0 Å². The van der Waals surface area contributed by atoms with E-state index < -0.39 is 0 Å². The highest BCUT2D eigenvalue weighted by atomic mass is 13.9. The third kappa shape index (κ3) is 3.07. The minimum Gasteiger partial charge on any atom is -0.120 e. The smallest absolute Gasteiger partial charge is 0.0121 e. The van der Waals surface area contributed by atoms with Gasteiger partial charge in [-0.3, -0.25) is 0 Å². The first kappa shape index (κ1) is 8.62. The van der Waals surface area contributed by atoms with Crippen LogP contribution in [0.25, 0.3) is 6.08 Å². The molecule has 0 aromatic heterocycles. The van der Waals surface area contributed by atoms with Crippen LogP contribution in [-0.4, -0.2) is 0 Å². The minimum absolute atomic E-state index is 0.823. The van der Waals surface area contributed by atoms with Crippen molar-refractivity contribution in [3.8, 4) is 12.3 Å². The van der Waals surface area contributed by atoms with Crippen molar-refractivity contribution in [2.45, 2.75) is 12.8 Å². The van der Waals surface area contributed by atoms with Crippen LogP contribution in [0.3, 0.4) is 0 Å². The Morgan fingerprint density at radius 2 is 2.00 bits per heavy atom. The Morgan fingerprint density at radius 3 is 2.67 bits per heavy atom. The summed E-state index contributed by atoms with van der Waals surface area (Å²) in [7, 11) is 0. The molecule has 0 heterocycles. The predicted octanol–water partition coefficient (Wildman–Crippen LogP) is 3.11. The van der Waals surface area contributed by atoms with Crippen LogP contribution in [0.4, 0.5) is 0 Å². The predicted molar refractivity (Wildman–Crippen MR) is 53.5 cm³/mol. The number of terminal acetylenes is 1. The third-order valence-corrected chi connectivity index (χ3v) is 1.57. The summed E-state index contributed by atoms with van der Waals surface area (Å²) in [6, 6.07) is 10.2. The van der Waals surface area contributed by atoms with Crippen LogP contribution < -0.4 is 0 Å². The van der Waals surface area contributed by atoms with E-state index in [9.17, 15) is 0 Å². The first-order valence-electron chi connectivity index (χ1n) is 4.08. The zero-order chi connectivity index (χ0) is 8.65. The Hall–Kier alpha value is -1.48. The van der Waals surface area contributed by atoms with Gasteiger partial charge in [0, 0.05) is 6.42 Å². The lowest BCUT2D eigenvalue weighted by atomic mass is 10.2. The molecule has 0 saturated carbocycles. The van der Waals surface area contributed by atoms with Crippen molar-refractivity contribution >= 4 is 6.08 Å². The van der Waals surface area contributed by atoms with Gasteiger partial charge >= 0.3 is 0 Å². The van der Waals surface area contributed by atoms with Crippen molar-refractivity contribution < 1.29 is 0 Å². The van der Waals surface area contributed by atoms with Crippen LogP contribution >= 0.6 is 0 Å². The molecular weight excluding hydrogens is 144 g/mol. The molecule has 0 aliphatic rings. The first-order valence-corrected chi connectivity index (χ1v) is 4.08. The van der Waals surface area contributed by atoms with Gasteiger partial charge in [-0.25, -0.2) is 0 Å². The van der Waals surface area contributed by atoms with E-state index in [1.807, 2.05) is 18.2 Å². The summed E-state index contributed by atoms with van der Waals surface area (Å²) < 4.78 is 0. The van der Waals surface area contributed by atoms with Crippen LogP contribution in [0.1, 0.15) is 18.4 Å². The molecule has 0 fully saturated rings. The van der Waals surface area contributed by atoms with Crippen molar-refractivity contribution in [1.82, 2.24) is 0 Å². The van der Waals surface area contributed by atoms with Gasteiger partial charge in [-0.05, 0) is 12.0 Å². The van der Waals surface area contributed by atoms with E-state index in [1.54, 1.807) is 0 Å². The second-order valence-corrected chi connectivity index (χ2v) is 2.56. The monoisotopic (exact) mass is 156 g/mol. The molecule has 0 spiro atoms. The van der Waals surface area contributed by atoms with Crippen molar-refractivity contribution in [1.29, 1.82) is 0 Å². The second kappa shape index (κ2) is 5.21. The summed E-state index contributed by atoms with van der Waals surface area (Å²) in [5.41, 5.74) is 1.23. The highest BCUT2D eigenvalue weighted by Crippen LogP contribution is 2.02. The summed E-state index contributed by atoms with van der Waals surface area (Å²) >= 11 is 0. The van der Waals surface area contributed by atoms with Crippen LogP contribution in [0.15, 0.2) is 36.4 Å². The van der Waals surface area contributed by atoms with Crippen LogP contribution in [-0.2, 0) is 0 Å². The van der Waals surface area contributed by atoms with Gasteiger partial charge in [0.15, 0.2) is 0 Å². The molecule has 1 aromatic rings. The lowest BCUT2D eigenvalue weighted by molar-refractivity contribution is 1.09. The maximum atomic E-state index is 5.12. The summed E-state index contributed by atoms with van der Waals surface area (Å²) in [6.45, 7) is 0. The Balaban J connectivity index is 2.43. The quantitative estimate of drug-likeness (QED) is 0.466. The zero-order valence-corrected chi connectivity index (χ0v) is 7.03. The highest BCUT2D eigenvalue weighted by Gasteiger charge is 1.81. The Bertz CT molecular complexity index is 275. The van der Waals surface area contributed by atoms with Crippen molar-refractivity contribution in [2.75, 3.05) is 0 Å². The van der Waals surface area contributed by atoms with Gasteiger partial charge in [-0.1, -0.05) is 42.5 Å². The van der Waals surface area contributed by atoms with Crippen LogP contribution in [0.2, 0.25) is 0 Å². The molecule has 1 aromatic carbocycles. The molecule has 0 aliphatic carbocycles. The molecule has 0 bridgehead atoms. The summed E-state index contributed by atoms with van der Waals surface area (Å²) in [6.07, 6.45) is 11.1. The number of allylic oxidation sites excluding steroid dienone is 1. The molecule has 1 rings (SSSR count). The van der Waals surface area contributed by atoms with Gasteiger partial charge in [-0.2, -0.15) is 0 Å². The van der Waals surface area contributed by atoms with E-state index in [0.717, 1.165) is 12.8 Å². The van der Waals surface area contributed by atoms with E-state index in [-0.39, 0.29) is 0 Å². The average Bonchev–Trinajstić information content (AvgIpc) is 2.14. The molecule has 0 nitrogen and oxygen atoms in total. The van der Waals surface area contributed by atoms with Gasteiger partial charge in [0.25, 0.3) is 0 Å². The highest BCUT2D eigenvalue weighted by molar-refractivity contribution is 5.48. The largest absolute Gasteiger partial charge is 0.120 e. The Labute approximate surface area is 73.9 Å². The summed E-state index contributed by atoms with van der Waals surface area (Å²) in [5.74, 6) is 2.60. The number of unbranched alkanes of at least 4 members (excludes halogenated alkanes) is 1. The van der Waals surface area contributed by atoms with Gasteiger partial charge in [0.05, 0.1) is 0 Å². The number of hydrogen-bond donors (Lipinski definition) is 0. The molecule has 0 unspecified atom stereocenters. The van der Waals surface area contributed by atoms with Crippen molar-refractivity contribution in [2.24, 2.45) is 0 Å². The molecule has 12 heavy (non-hydrogen) atoms. The average molecular weight is 156 g/mol. The molecule has 0 atom stereocenters. The standard InChI is InChI=1S/C12H12/c1-2-3-4-6-9-12-10-7-5-8-11-12/h1,5-11H,3-4H2/b9-6+. The molecule has 0 aliphatic heterocycles. The number of rotatable bonds is 3. The molecule has 0 N–H and O–H groups in total. The SMILES string of the molecule is C#CCC/C=C/c1ccccc1. The Morgan fingerprint density at radius 1 is 1.25 bits per heavy atom. The lowest BCUT2D eigenvalue weighted by Crippen LogP contribution is -1.68. The van der Waals surface area contributed by atoms with Gasteiger partial charge in [-0.15, -0.1) is 12.3 Å². The van der Waals surface area contributed by atoms with Crippen LogP contribution in [0, 0.1) is 12.3 Å². The second-order valence-electron chi connectivity index (χ2n) is 2.56. The molecule has 0 saturated heterocycles. The van der Waals surface area contributed by atoms with Crippen molar-refractivity contribution in [3.63, 3.8) is 0 Å². The van der Waals surface area contributed by atoms with E-state index in [2.05, 4.69) is 30.2 Å². The van der Waals surface area contributed by atoms with Crippen molar-refractivity contribution in [3.05, 3.63) is 42.0 Å². The third-order valence-electron chi connectivity index (χ3n) is 1.57. The van der Waals surface area contributed by atoms with E-state index in [0.29, 0.717) is 0 Å². The van der Waals surface area contributed by atoms with Gasteiger partial charge < -0.3 is 0 Å². The minimum atomic E-state index is 0.823. The molecule has 0 radical (unpaired) electrons. The first-order chi connectivity index (χ1) is 5.93. The fourth-order valence-corrected chi connectivity index (χ4v) is 0.950. The van der Waals surface area contributed by atoms with Gasteiger partial charge in [0.2, 0.25) is 0 Å². The van der Waals surface area contributed by atoms with E-state index in [1.165, 1.54) is 5.56 Å².